The van der Waals surface area contributed by atoms with Gasteiger partial charge in [-0.2, -0.15) is 9.97 Å². The minimum absolute atomic E-state index is 0.577. The number of para-hydroxylation sites is 3. The molecule has 0 N–H and O–H groups in total. The van der Waals surface area contributed by atoms with Crippen LogP contribution in [0.15, 0.2) is 224 Å². The molecule has 5 nitrogen and oxygen atoms in total. The van der Waals surface area contributed by atoms with Crippen LogP contribution in [0.2, 0.25) is 0 Å². The van der Waals surface area contributed by atoms with Gasteiger partial charge < -0.3 is 4.57 Å². The van der Waals surface area contributed by atoms with Crippen LogP contribution < -0.4 is 0 Å². The first-order chi connectivity index (χ1) is 30.7. The highest BCUT2D eigenvalue weighted by molar-refractivity contribution is 6.11. The Balaban J connectivity index is 0.934. The average Bonchev–Trinajstić information content (AvgIpc) is 3.87. The highest BCUT2D eigenvalue weighted by Gasteiger charge is 2.19. The van der Waals surface area contributed by atoms with E-state index in [0.29, 0.717) is 17.6 Å². The lowest BCUT2D eigenvalue weighted by Crippen LogP contribution is -2.06. The third-order valence-electron chi connectivity index (χ3n) is 12.0. The van der Waals surface area contributed by atoms with Crippen molar-refractivity contribution in [2.75, 3.05) is 0 Å². The molecule has 0 amide bonds. The highest BCUT2D eigenvalue weighted by atomic mass is 15.2. The molecule has 12 aromatic rings. The molecule has 0 bridgehead atoms. The molecule has 0 saturated heterocycles. The number of rotatable bonds is 7. The fourth-order valence-corrected chi connectivity index (χ4v) is 8.98. The van der Waals surface area contributed by atoms with Crippen LogP contribution in [0.1, 0.15) is 0 Å². The zero-order chi connectivity index (χ0) is 41.0. The third-order valence-corrected chi connectivity index (χ3v) is 12.0. The molecule has 0 atom stereocenters. The van der Waals surface area contributed by atoms with Gasteiger partial charge in [-0.25, -0.2) is 4.98 Å². The summed E-state index contributed by atoms with van der Waals surface area (Å²) in [5, 5.41) is 4.77. The van der Waals surface area contributed by atoms with Gasteiger partial charge in [0.15, 0.2) is 11.6 Å². The lowest BCUT2D eigenvalue weighted by atomic mass is 9.98. The predicted octanol–water partition coefficient (Wildman–Crippen LogP) is 14.4. The molecule has 0 saturated carbocycles. The molecule has 3 aromatic heterocycles. The van der Waals surface area contributed by atoms with E-state index in [-0.39, 0.29) is 0 Å². The quantitative estimate of drug-likeness (QED) is 0.162. The second-order valence-electron chi connectivity index (χ2n) is 15.7. The minimum atomic E-state index is 0.577. The molecule has 0 fully saturated rings. The highest BCUT2D eigenvalue weighted by Crippen LogP contribution is 2.38. The van der Waals surface area contributed by atoms with Crippen molar-refractivity contribution >= 4 is 43.6 Å². The van der Waals surface area contributed by atoms with Crippen LogP contribution in [0.25, 0.3) is 111 Å². The lowest BCUT2D eigenvalue weighted by Gasteiger charge is -2.11. The monoisotopic (exact) mass is 791 g/mol. The molecule has 290 valence electrons. The summed E-state index contributed by atoms with van der Waals surface area (Å²) in [4.78, 5) is 15.4. The van der Waals surface area contributed by atoms with Gasteiger partial charge in [0.2, 0.25) is 5.95 Å². The normalized spacial score (nSPS) is 11.5. The van der Waals surface area contributed by atoms with Crippen molar-refractivity contribution in [3.8, 4) is 67.8 Å². The van der Waals surface area contributed by atoms with Gasteiger partial charge in [0.05, 0.1) is 22.1 Å². The van der Waals surface area contributed by atoms with Crippen molar-refractivity contribution in [1.82, 2.24) is 24.1 Å². The number of aromatic nitrogens is 5. The van der Waals surface area contributed by atoms with E-state index < -0.39 is 0 Å². The SMILES string of the molecule is c1ccc(-c2ccc(-c3nc(-c4ccccc4)nc(-n4c5ccccc5c5cc(-c6ccc(-c7ccc8c(c7)c7ccccc7n8-c7ccccc7)cc6)ccc54)n3)cc2)cc1. The fraction of sp³-hybridized carbons (Fsp3) is 0. The standard InChI is InChI=1S/C57H37N5/c1-4-14-38(15-5-1)39-28-30-43(31-29-39)56-58-55(42-16-6-2-7-17-42)59-57(60-56)62-52-23-13-11-21-48(52)50-37-45(33-35-54(50)62)41-26-24-40(25-27-41)44-32-34-53-49(36-44)47-20-10-12-22-51(47)61(53)46-18-8-3-9-19-46/h1-37H. The molecule has 0 unspecified atom stereocenters. The zero-order valence-corrected chi connectivity index (χ0v) is 33.6. The maximum absolute atomic E-state index is 5.19. The van der Waals surface area contributed by atoms with Crippen molar-refractivity contribution in [3.63, 3.8) is 0 Å². The van der Waals surface area contributed by atoms with Gasteiger partial charge in [-0.3, -0.25) is 4.57 Å². The Bertz CT molecular complexity index is 3590. The van der Waals surface area contributed by atoms with Crippen LogP contribution in [0, 0.1) is 0 Å². The second kappa shape index (κ2) is 14.7. The van der Waals surface area contributed by atoms with Crippen LogP contribution in [-0.2, 0) is 0 Å². The van der Waals surface area contributed by atoms with Crippen molar-refractivity contribution < 1.29 is 0 Å². The summed E-state index contributed by atoms with van der Waals surface area (Å²) in [6.45, 7) is 0. The molecule has 5 heteroatoms. The topological polar surface area (TPSA) is 48.5 Å². The van der Waals surface area contributed by atoms with Gasteiger partial charge in [0.25, 0.3) is 0 Å². The van der Waals surface area contributed by atoms with E-state index in [9.17, 15) is 0 Å². The number of nitrogens with zero attached hydrogens (tertiary/aromatic N) is 5. The number of benzene rings is 9. The van der Waals surface area contributed by atoms with Gasteiger partial charge in [0.1, 0.15) is 0 Å². The van der Waals surface area contributed by atoms with Crippen LogP contribution in [0.3, 0.4) is 0 Å². The lowest BCUT2D eigenvalue weighted by molar-refractivity contribution is 0.953. The molecule has 0 aliphatic rings. The Morgan fingerprint density at radius 3 is 1.15 bits per heavy atom. The van der Waals surface area contributed by atoms with E-state index in [0.717, 1.165) is 55.3 Å². The van der Waals surface area contributed by atoms with Crippen LogP contribution in [0.4, 0.5) is 0 Å². The summed E-state index contributed by atoms with van der Waals surface area (Å²) < 4.78 is 4.54. The minimum Gasteiger partial charge on any atom is -0.309 e. The van der Waals surface area contributed by atoms with Gasteiger partial charge in [-0.15, -0.1) is 0 Å². The molecular formula is C57H37N5. The molecule has 9 aromatic carbocycles. The molecule has 0 radical (unpaired) electrons. The predicted molar refractivity (Wildman–Crippen MR) is 256 cm³/mol. The van der Waals surface area contributed by atoms with E-state index in [1.165, 1.54) is 38.5 Å². The van der Waals surface area contributed by atoms with Crippen molar-refractivity contribution in [2.45, 2.75) is 0 Å². The second-order valence-corrected chi connectivity index (χ2v) is 15.7. The third kappa shape index (κ3) is 6.06. The summed E-state index contributed by atoms with van der Waals surface area (Å²) >= 11 is 0. The van der Waals surface area contributed by atoms with Crippen LogP contribution in [-0.4, -0.2) is 24.1 Å². The van der Waals surface area contributed by atoms with Crippen molar-refractivity contribution in [1.29, 1.82) is 0 Å². The smallest absolute Gasteiger partial charge is 0.238 e. The Hall–Kier alpha value is -8.41. The summed E-state index contributed by atoms with van der Waals surface area (Å²) in [6.07, 6.45) is 0. The maximum atomic E-state index is 5.19. The van der Waals surface area contributed by atoms with Gasteiger partial charge in [-0.1, -0.05) is 176 Å². The number of hydrogen-bond donors (Lipinski definition) is 0. The van der Waals surface area contributed by atoms with E-state index in [2.05, 4.69) is 197 Å². The van der Waals surface area contributed by atoms with E-state index in [1.54, 1.807) is 0 Å². The summed E-state index contributed by atoms with van der Waals surface area (Å²) in [5.74, 6) is 1.83. The summed E-state index contributed by atoms with van der Waals surface area (Å²) in [6, 6.07) is 79.3. The number of hydrogen-bond acceptors (Lipinski definition) is 3. The molecule has 3 heterocycles. The van der Waals surface area contributed by atoms with Crippen LogP contribution in [0.5, 0.6) is 0 Å². The van der Waals surface area contributed by atoms with E-state index >= 15 is 0 Å². The molecule has 12 rings (SSSR count). The Morgan fingerprint density at radius 2 is 0.597 bits per heavy atom. The first-order valence-corrected chi connectivity index (χ1v) is 20.9. The summed E-state index contributed by atoms with van der Waals surface area (Å²) in [7, 11) is 0. The Labute approximate surface area is 358 Å². The summed E-state index contributed by atoms with van der Waals surface area (Å²) in [5.41, 5.74) is 14.5. The van der Waals surface area contributed by atoms with Gasteiger partial charge in [0, 0.05) is 38.4 Å². The molecular weight excluding hydrogens is 755 g/mol. The van der Waals surface area contributed by atoms with Gasteiger partial charge >= 0.3 is 0 Å². The van der Waals surface area contributed by atoms with Crippen LogP contribution >= 0.6 is 0 Å². The van der Waals surface area contributed by atoms with E-state index in [1.807, 2.05) is 36.4 Å². The Morgan fingerprint density at radius 1 is 0.242 bits per heavy atom. The molecule has 0 aliphatic heterocycles. The zero-order valence-electron chi connectivity index (χ0n) is 33.6. The maximum Gasteiger partial charge on any atom is 0.238 e. The molecule has 0 aliphatic carbocycles. The van der Waals surface area contributed by atoms with Crippen molar-refractivity contribution in [2.24, 2.45) is 0 Å². The first-order valence-electron chi connectivity index (χ1n) is 20.9. The van der Waals surface area contributed by atoms with Crippen molar-refractivity contribution in [3.05, 3.63) is 224 Å². The average molecular weight is 792 g/mol. The molecule has 0 spiro atoms. The molecule has 62 heavy (non-hydrogen) atoms. The van der Waals surface area contributed by atoms with E-state index in [4.69, 9.17) is 15.0 Å². The largest absolute Gasteiger partial charge is 0.309 e. The first kappa shape index (κ1) is 35.5. The van der Waals surface area contributed by atoms with Gasteiger partial charge in [-0.05, 0) is 81.9 Å². The Kier molecular flexibility index (Phi) is 8.42. The number of fused-ring (bicyclic) bond motifs is 6. The fourth-order valence-electron chi connectivity index (χ4n) is 8.98.